The van der Waals surface area contributed by atoms with Gasteiger partial charge in [0, 0.05) is 18.5 Å². The number of hydrogen-bond donors (Lipinski definition) is 2. The van der Waals surface area contributed by atoms with Crippen molar-refractivity contribution in [2.45, 2.75) is 6.04 Å². The number of thiazole rings is 1. The van der Waals surface area contributed by atoms with E-state index in [9.17, 15) is 10.1 Å². The molecule has 8 heteroatoms. The largest absolute Gasteiger partial charge is 0.372 e. The molecule has 0 radical (unpaired) electrons. The van der Waals surface area contributed by atoms with Crippen molar-refractivity contribution in [3.8, 4) is 0 Å². The Balaban J connectivity index is 2.03. The molecule has 1 fully saturated rings. The number of rotatable bonds is 3. The summed E-state index contributed by atoms with van der Waals surface area (Å²) >= 11 is 1.38. The van der Waals surface area contributed by atoms with Gasteiger partial charge in [-0.05, 0) is 4.92 Å². The van der Waals surface area contributed by atoms with E-state index in [1.807, 2.05) is 0 Å². The lowest BCUT2D eigenvalue weighted by Crippen LogP contribution is -2.51. The van der Waals surface area contributed by atoms with Crippen LogP contribution in [-0.4, -0.2) is 33.4 Å². The highest BCUT2D eigenvalue weighted by Gasteiger charge is 2.27. The Kier molecular flexibility index (Phi) is 2.04. The molecule has 0 aromatic carbocycles. The van der Waals surface area contributed by atoms with Gasteiger partial charge in [-0.1, -0.05) is 11.3 Å². The van der Waals surface area contributed by atoms with Crippen molar-refractivity contribution in [2.75, 3.05) is 18.4 Å². The normalized spacial score (nSPS) is 16.2. The van der Waals surface area contributed by atoms with Gasteiger partial charge in [0.15, 0.2) is 0 Å². The maximum Gasteiger partial charge on any atom is 0.372 e. The van der Waals surface area contributed by atoms with Gasteiger partial charge in [0.1, 0.15) is 6.20 Å². The van der Waals surface area contributed by atoms with Crippen molar-refractivity contribution in [3.63, 3.8) is 0 Å². The topological polar surface area (TPSA) is 84.5 Å². The molecule has 0 unspecified atom stereocenters. The van der Waals surface area contributed by atoms with Crippen LogP contribution in [0.25, 0.3) is 4.96 Å². The number of aromatic nitrogens is 2. The molecule has 3 rings (SSSR count). The molecule has 16 heavy (non-hydrogen) atoms. The highest BCUT2D eigenvalue weighted by molar-refractivity contribution is 7.15. The first-order chi connectivity index (χ1) is 7.75. The number of nitro groups is 1. The van der Waals surface area contributed by atoms with Gasteiger partial charge in [0.2, 0.25) is 5.82 Å². The molecular weight excluding hydrogens is 230 g/mol. The monoisotopic (exact) mass is 239 g/mol. The summed E-state index contributed by atoms with van der Waals surface area (Å²) < 4.78 is 1.50. The van der Waals surface area contributed by atoms with Gasteiger partial charge < -0.3 is 20.7 Å². The molecular formula is C8H9N5O2S. The lowest BCUT2D eigenvalue weighted by atomic mass is 10.2. The van der Waals surface area contributed by atoms with Crippen LogP contribution in [0.4, 0.5) is 11.6 Å². The predicted octanol–water partition coefficient (Wildman–Crippen LogP) is 0.688. The quantitative estimate of drug-likeness (QED) is 0.608. The summed E-state index contributed by atoms with van der Waals surface area (Å²) in [7, 11) is 0. The van der Waals surface area contributed by atoms with E-state index >= 15 is 0 Å². The second-order valence-corrected chi connectivity index (χ2v) is 4.47. The molecule has 1 aliphatic heterocycles. The maximum atomic E-state index is 11.0. The number of hydrogen-bond acceptors (Lipinski definition) is 6. The minimum absolute atomic E-state index is 0.0168. The average molecular weight is 239 g/mol. The van der Waals surface area contributed by atoms with Crippen LogP contribution >= 0.6 is 11.3 Å². The fourth-order valence-corrected chi connectivity index (χ4v) is 2.34. The summed E-state index contributed by atoms with van der Waals surface area (Å²) in [5.41, 5.74) is 0. The molecule has 84 valence electrons. The summed E-state index contributed by atoms with van der Waals surface area (Å²) in [5.74, 6) is 0.381. The van der Waals surface area contributed by atoms with Gasteiger partial charge in [0.05, 0.1) is 6.04 Å². The Bertz CT molecular complexity index is 544. The van der Waals surface area contributed by atoms with Crippen molar-refractivity contribution in [3.05, 3.63) is 21.7 Å². The molecule has 2 N–H and O–H groups in total. The Morgan fingerprint density at radius 2 is 2.50 bits per heavy atom. The molecule has 2 aromatic heterocycles. The van der Waals surface area contributed by atoms with Crippen molar-refractivity contribution in [1.82, 2.24) is 14.7 Å². The third-order valence-corrected chi connectivity index (χ3v) is 3.29. The van der Waals surface area contributed by atoms with E-state index in [0.29, 0.717) is 10.8 Å². The molecule has 0 aliphatic carbocycles. The third-order valence-electron chi connectivity index (χ3n) is 2.53. The first-order valence-corrected chi connectivity index (χ1v) is 5.71. The Morgan fingerprint density at radius 1 is 1.69 bits per heavy atom. The van der Waals surface area contributed by atoms with Crippen LogP contribution < -0.4 is 10.6 Å². The Labute approximate surface area is 94.3 Å². The van der Waals surface area contributed by atoms with Crippen LogP contribution in [-0.2, 0) is 0 Å². The fourth-order valence-electron chi connectivity index (χ4n) is 1.63. The third kappa shape index (κ3) is 1.34. The standard InChI is InChI=1S/C8H9N5O2S/c14-13(15)7-6(10-5-3-9-4-5)11-8-12(7)1-2-16-8/h1-2,5,9-10H,3-4H2. The lowest BCUT2D eigenvalue weighted by molar-refractivity contribution is -0.389. The van der Waals surface area contributed by atoms with E-state index in [2.05, 4.69) is 15.6 Å². The van der Waals surface area contributed by atoms with E-state index < -0.39 is 4.92 Å². The summed E-state index contributed by atoms with van der Waals surface area (Å²) in [6.45, 7) is 1.64. The lowest BCUT2D eigenvalue weighted by Gasteiger charge is -2.27. The van der Waals surface area contributed by atoms with Crippen molar-refractivity contribution >= 4 is 27.9 Å². The zero-order valence-electron chi connectivity index (χ0n) is 8.21. The van der Waals surface area contributed by atoms with E-state index in [1.165, 1.54) is 15.7 Å². The minimum atomic E-state index is -0.402. The SMILES string of the molecule is O=[N+]([O-])c1c(NC2CNC2)nc2sccn12. The fraction of sp³-hybridized carbons (Fsp3) is 0.375. The first-order valence-electron chi connectivity index (χ1n) is 4.83. The van der Waals surface area contributed by atoms with Gasteiger partial charge in [-0.15, -0.1) is 0 Å². The molecule has 1 saturated heterocycles. The minimum Gasteiger partial charge on any atom is -0.358 e. The average Bonchev–Trinajstić information content (AvgIpc) is 2.68. The first kappa shape index (κ1) is 9.55. The summed E-state index contributed by atoms with van der Waals surface area (Å²) in [5, 5.41) is 18.9. The maximum absolute atomic E-state index is 11.0. The zero-order chi connectivity index (χ0) is 11.1. The van der Waals surface area contributed by atoms with Crippen LogP contribution in [0, 0.1) is 10.1 Å². The Morgan fingerprint density at radius 3 is 3.12 bits per heavy atom. The molecule has 0 amide bonds. The molecule has 0 atom stereocenters. The van der Waals surface area contributed by atoms with Crippen LogP contribution in [0.15, 0.2) is 11.6 Å². The van der Waals surface area contributed by atoms with Crippen LogP contribution in [0.1, 0.15) is 0 Å². The van der Waals surface area contributed by atoms with Crippen LogP contribution in [0.2, 0.25) is 0 Å². The zero-order valence-corrected chi connectivity index (χ0v) is 9.03. The van der Waals surface area contributed by atoms with Gasteiger partial charge in [0.25, 0.3) is 4.96 Å². The molecule has 0 spiro atoms. The molecule has 7 nitrogen and oxygen atoms in total. The number of nitrogens with zero attached hydrogens (tertiary/aromatic N) is 3. The van der Waals surface area contributed by atoms with E-state index in [0.717, 1.165) is 13.1 Å². The molecule has 0 saturated carbocycles. The van der Waals surface area contributed by atoms with E-state index in [-0.39, 0.29) is 11.9 Å². The van der Waals surface area contributed by atoms with E-state index in [1.54, 1.807) is 11.6 Å². The highest BCUT2D eigenvalue weighted by atomic mass is 32.1. The van der Waals surface area contributed by atoms with Crippen molar-refractivity contribution < 1.29 is 4.92 Å². The van der Waals surface area contributed by atoms with Crippen molar-refractivity contribution in [2.24, 2.45) is 0 Å². The van der Waals surface area contributed by atoms with Crippen LogP contribution in [0.3, 0.4) is 0 Å². The molecule has 0 bridgehead atoms. The molecule has 1 aliphatic rings. The van der Waals surface area contributed by atoms with Gasteiger partial charge >= 0.3 is 5.82 Å². The van der Waals surface area contributed by atoms with Crippen LogP contribution in [0.5, 0.6) is 0 Å². The molecule has 3 heterocycles. The second-order valence-electron chi connectivity index (χ2n) is 3.60. The summed E-state index contributed by atoms with van der Waals surface area (Å²) in [4.78, 5) is 15.4. The van der Waals surface area contributed by atoms with Crippen molar-refractivity contribution in [1.29, 1.82) is 0 Å². The predicted molar refractivity (Wildman–Crippen MR) is 60.0 cm³/mol. The number of imidazole rings is 1. The number of fused-ring (bicyclic) bond motifs is 1. The smallest absolute Gasteiger partial charge is 0.358 e. The Hall–Kier alpha value is -1.67. The molecule has 2 aromatic rings. The van der Waals surface area contributed by atoms with E-state index in [4.69, 9.17) is 0 Å². The number of anilines is 1. The second kappa shape index (κ2) is 3.42. The van der Waals surface area contributed by atoms with Gasteiger partial charge in [-0.2, -0.15) is 9.38 Å². The van der Waals surface area contributed by atoms with Gasteiger partial charge in [-0.3, -0.25) is 0 Å². The summed E-state index contributed by atoms with van der Waals surface area (Å²) in [6, 6.07) is 0.239. The van der Waals surface area contributed by atoms with Gasteiger partial charge in [-0.25, -0.2) is 0 Å². The highest BCUT2D eigenvalue weighted by Crippen LogP contribution is 2.28. The summed E-state index contributed by atoms with van der Waals surface area (Å²) in [6.07, 6.45) is 1.66. The number of nitrogens with one attached hydrogen (secondary N) is 2.